The molecular weight excluding hydrogens is 297 g/mol. The number of piperidine rings is 1. The molecule has 0 unspecified atom stereocenters. The summed E-state index contributed by atoms with van der Waals surface area (Å²) in [4.78, 5) is 10.1. The number of nitrogens with one attached hydrogen (secondary N) is 1. The van der Waals surface area contributed by atoms with Crippen LogP contribution in [0.25, 0.3) is 11.0 Å². The van der Waals surface area contributed by atoms with Gasteiger partial charge in [-0.15, -0.1) is 24.8 Å². The second kappa shape index (κ2) is 7.16. The van der Waals surface area contributed by atoms with Crippen molar-refractivity contribution < 1.29 is 5.11 Å². The molecule has 2 N–H and O–H groups in total. The first kappa shape index (κ1) is 17.1. The van der Waals surface area contributed by atoms with E-state index in [9.17, 15) is 5.11 Å². The largest absolute Gasteiger partial charge is 0.508 e. The van der Waals surface area contributed by atoms with Crippen molar-refractivity contribution in [2.24, 2.45) is 0 Å². The standard InChI is InChI=1S/C14H19N3O.2ClH/c1-10-15-12-5-6-13(18)11(14(12)16-10)9-17-7-3-2-4-8-17;;/h5-6,18H,2-4,7-9H2,1H3,(H,15,16);2*1H. The molecule has 1 fully saturated rings. The van der Waals surface area contributed by atoms with E-state index in [-0.39, 0.29) is 24.8 Å². The average molecular weight is 318 g/mol. The lowest BCUT2D eigenvalue weighted by atomic mass is 10.1. The number of aromatic hydroxyl groups is 1. The Hall–Kier alpha value is -0.970. The summed E-state index contributed by atoms with van der Waals surface area (Å²) in [5, 5.41) is 10.1. The smallest absolute Gasteiger partial charge is 0.122 e. The van der Waals surface area contributed by atoms with Gasteiger partial charge in [0, 0.05) is 12.1 Å². The summed E-state index contributed by atoms with van der Waals surface area (Å²) in [6, 6.07) is 3.66. The van der Waals surface area contributed by atoms with Crippen LogP contribution in [0.2, 0.25) is 0 Å². The van der Waals surface area contributed by atoms with E-state index in [0.717, 1.165) is 42.1 Å². The average Bonchev–Trinajstić information content (AvgIpc) is 2.75. The van der Waals surface area contributed by atoms with Crippen LogP contribution in [0.3, 0.4) is 0 Å². The molecule has 6 heteroatoms. The number of aromatic amines is 1. The highest BCUT2D eigenvalue weighted by Crippen LogP contribution is 2.27. The molecular formula is C14H21Cl2N3O. The Morgan fingerprint density at radius 2 is 1.90 bits per heavy atom. The first-order valence-corrected chi connectivity index (χ1v) is 6.63. The number of aryl methyl sites for hydroxylation is 1. The quantitative estimate of drug-likeness (QED) is 0.892. The number of aromatic nitrogens is 2. The van der Waals surface area contributed by atoms with Gasteiger partial charge >= 0.3 is 0 Å². The number of phenolic OH excluding ortho intramolecular Hbond substituents is 1. The molecule has 1 saturated heterocycles. The normalized spacial score (nSPS) is 15.7. The molecule has 1 aliphatic rings. The molecule has 2 aromatic rings. The summed E-state index contributed by atoms with van der Waals surface area (Å²) in [7, 11) is 0. The van der Waals surface area contributed by atoms with Gasteiger partial charge < -0.3 is 10.1 Å². The van der Waals surface area contributed by atoms with Gasteiger partial charge in [0.2, 0.25) is 0 Å². The molecule has 4 nitrogen and oxygen atoms in total. The van der Waals surface area contributed by atoms with Crippen molar-refractivity contribution in [2.45, 2.75) is 32.7 Å². The molecule has 1 aromatic heterocycles. The minimum atomic E-state index is 0. The van der Waals surface area contributed by atoms with Gasteiger partial charge in [0.15, 0.2) is 0 Å². The van der Waals surface area contributed by atoms with Crippen molar-refractivity contribution in [3.8, 4) is 5.75 Å². The fourth-order valence-electron chi connectivity index (χ4n) is 2.74. The van der Waals surface area contributed by atoms with Crippen molar-refractivity contribution in [3.63, 3.8) is 0 Å². The molecule has 0 amide bonds. The SMILES string of the molecule is Cc1nc2c(CN3CCCCC3)c(O)ccc2[nH]1.Cl.Cl. The second-order valence-electron chi connectivity index (χ2n) is 5.12. The first-order chi connectivity index (χ1) is 8.74. The van der Waals surface area contributed by atoms with E-state index in [1.807, 2.05) is 13.0 Å². The molecule has 1 aliphatic heterocycles. The molecule has 0 spiro atoms. The van der Waals surface area contributed by atoms with Crippen LogP contribution in [0, 0.1) is 6.92 Å². The fraction of sp³-hybridized carbons (Fsp3) is 0.500. The van der Waals surface area contributed by atoms with Crippen LogP contribution in [0.5, 0.6) is 5.75 Å². The molecule has 1 aromatic carbocycles. The summed E-state index contributed by atoms with van der Waals surface area (Å²) in [6.45, 7) is 4.99. The molecule has 112 valence electrons. The summed E-state index contributed by atoms with van der Waals surface area (Å²) < 4.78 is 0. The number of imidazole rings is 1. The van der Waals surface area contributed by atoms with E-state index in [0.29, 0.717) is 5.75 Å². The monoisotopic (exact) mass is 317 g/mol. The lowest BCUT2D eigenvalue weighted by molar-refractivity contribution is 0.219. The Morgan fingerprint density at radius 3 is 2.60 bits per heavy atom. The summed E-state index contributed by atoms with van der Waals surface area (Å²) >= 11 is 0. The topological polar surface area (TPSA) is 52.1 Å². The molecule has 0 atom stereocenters. The van der Waals surface area contributed by atoms with Gasteiger partial charge in [-0.1, -0.05) is 6.42 Å². The summed E-state index contributed by atoms with van der Waals surface area (Å²) in [5.74, 6) is 1.26. The zero-order chi connectivity index (χ0) is 12.5. The van der Waals surface area contributed by atoms with Crippen LogP contribution in [0.15, 0.2) is 12.1 Å². The Kier molecular flexibility index (Phi) is 6.11. The van der Waals surface area contributed by atoms with E-state index in [2.05, 4.69) is 14.9 Å². The van der Waals surface area contributed by atoms with Crippen molar-refractivity contribution in [1.82, 2.24) is 14.9 Å². The number of halogens is 2. The first-order valence-electron chi connectivity index (χ1n) is 6.63. The molecule has 0 radical (unpaired) electrons. The van der Waals surface area contributed by atoms with Crippen LogP contribution < -0.4 is 0 Å². The number of hydrogen-bond donors (Lipinski definition) is 2. The zero-order valence-electron chi connectivity index (χ0n) is 11.6. The number of hydrogen-bond acceptors (Lipinski definition) is 3. The van der Waals surface area contributed by atoms with Crippen molar-refractivity contribution in [2.75, 3.05) is 13.1 Å². The van der Waals surface area contributed by atoms with Gasteiger partial charge in [-0.05, 0) is 45.0 Å². The molecule has 0 aliphatic carbocycles. The summed E-state index contributed by atoms with van der Waals surface area (Å²) in [5.41, 5.74) is 2.88. The highest BCUT2D eigenvalue weighted by Gasteiger charge is 2.16. The number of rotatable bonds is 2. The lowest BCUT2D eigenvalue weighted by Crippen LogP contribution is -2.29. The number of H-pyrrole nitrogens is 1. The van der Waals surface area contributed by atoms with Gasteiger partial charge in [0.25, 0.3) is 0 Å². The van der Waals surface area contributed by atoms with Crippen molar-refractivity contribution >= 4 is 35.8 Å². The van der Waals surface area contributed by atoms with Gasteiger partial charge in [-0.25, -0.2) is 4.98 Å². The van der Waals surface area contributed by atoms with E-state index in [1.54, 1.807) is 6.07 Å². The molecule has 0 saturated carbocycles. The van der Waals surface area contributed by atoms with E-state index in [1.165, 1.54) is 19.3 Å². The van der Waals surface area contributed by atoms with Crippen molar-refractivity contribution in [1.29, 1.82) is 0 Å². The highest BCUT2D eigenvalue weighted by molar-refractivity contribution is 5.85. The Bertz CT molecular complexity index is 565. The third-order valence-electron chi connectivity index (χ3n) is 3.68. The zero-order valence-corrected chi connectivity index (χ0v) is 13.2. The maximum Gasteiger partial charge on any atom is 0.122 e. The van der Waals surface area contributed by atoms with E-state index in [4.69, 9.17) is 0 Å². The van der Waals surface area contributed by atoms with Crippen molar-refractivity contribution in [3.05, 3.63) is 23.5 Å². The Balaban J connectivity index is 0.000001000. The predicted molar refractivity (Wildman–Crippen MR) is 86.1 cm³/mol. The van der Waals surface area contributed by atoms with Crippen LogP contribution in [0.4, 0.5) is 0 Å². The number of fused-ring (bicyclic) bond motifs is 1. The molecule has 20 heavy (non-hydrogen) atoms. The van der Waals surface area contributed by atoms with Crippen LogP contribution in [-0.4, -0.2) is 33.1 Å². The Morgan fingerprint density at radius 1 is 1.20 bits per heavy atom. The predicted octanol–water partition coefficient (Wildman–Crippen LogP) is 3.41. The van der Waals surface area contributed by atoms with Crippen LogP contribution >= 0.6 is 24.8 Å². The van der Waals surface area contributed by atoms with Crippen LogP contribution in [0.1, 0.15) is 30.7 Å². The Labute approximate surface area is 131 Å². The molecule has 3 rings (SSSR count). The van der Waals surface area contributed by atoms with Gasteiger partial charge in [0.1, 0.15) is 11.6 Å². The van der Waals surface area contributed by atoms with E-state index >= 15 is 0 Å². The number of likely N-dealkylation sites (tertiary alicyclic amines) is 1. The van der Waals surface area contributed by atoms with Gasteiger partial charge in [-0.2, -0.15) is 0 Å². The van der Waals surface area contributed by atoms with Gasteiger partial charge in [0.05, 0.1) is 11.0 Å². The maximum atomic E-state index is 10.1. The summed E-state index contributed by atoms with van der Waals surface area (Å²) in [6.07, 6.45) is 3.85. The third kappa shape index (κ3) is 3.37. The van der Waals surface area contributed by atoms with Gasteiger partial charge in [-0.3, -0.25) is 4.90 Å². The maximum absolute atomic E-state index is 10.1. The number of phenols is 1. The molecule has 2 heterocycles. The highest BCUT2D eigenvalue weighted by atomic mass is 35.5. The minimum absolute atomic E-state index is 0. The number of nitrogens with zero attached hydrogens (tertiary/aromatic N) is 2. The third-order valence-corrected chi connectivity index (χ3v) is 3.68. The van der Waals surface area contributed by atoms with Crippen LogP contribution in [-0.2, 0) is 6.54 Å². The van der Waals surface area contributed by atoms with E-state index < -0.39 is 0 Å². The molecule has 0 bridgehead atoms. The lowest BCUT2D eigenvalue weighted by Gasteiger charge is -2.26. The fourth-order valence-corrected chi connectivity index (χ4v) is 2.74. The number of benzene rings is 1. The minimum Gasteiger partial charge on any atom is -0.508 e. The second-order valence-corrected chi connectivity index (χ2v) is 5.12.